The Labute approximate surface area is 146 Å². The molecule has 0 aliphatic carbocycles. The van der Waals surface area contributed by atoms with Gasteiger partial charge in [-0.15, -0.1) is 0 Å². The van der Waals surface area contributed by atoms with Crippen molar-refractivity contribution in [3.05, 3.63) is 23.8 Å². The first kappa shape index (κ1) is 22.4. The van der Waals surface area contributed by atoms with E-state index in [0.717, 1.165) is 5.57 Å². The third-order valence-electron chi connectivity index (χ3n) is 4.58. The van der Waals surface area contributed by atoms with Gasteiger partial charge < -0.3 is 15.7 Å². The molecule has 0 spiro atoms. The van der Waals surface area contributed by atoms with E-state index >= 15 is 0 Å². The highest BCUT2D eigenvalue weighted by Crippen LogP contribution is 2.32. The van der Waals surface area contributed by atoms with E-state index in [0.29, 0.717) is 0 Å². The van der Waals surface area contributed by atoms with E-state index in [9.17, 15) is 9.59 Å². The topological polar surface area (TPSA) is 78.4 Å². The average Bonchev–Trinajstić information content (AvgIpc) is 2.42. The maximum Gasteiger partial charge on any atom is 0.307 e. The van der Waals surface area contributed by atoms with E-state index in [1.807, 2.05) is 33.8 Å². The third-order valence-corrected chi connectivity index (χ3v) is 4.58. The van der Waals surface area contributed by atoms with Crippen LogP contribution in [0.1, 0.15) is 54.9 Å². The number of allylic oxidation sites excluding steroid dienone is 2. The Bertz CT molecular complexity index is 499. The SMILES string of the molecule is C/C=C(\C=C/CC(=O)O)C(C)(C)C(NC)C(=O)NC(C)C(C)(C)C. The minimum atomic E-state index is -0.874. The molecular formula is C19H34N2O3. The van der Waals surface area contributed by atoms with Crippen LogP contribution in [0.2, 0.25) is 0 Å². The van der Waals surface area contributed by atoms with Gasteiger partial charge in [-0.25, -0.2) is 0 Å². The number of carboxylic acids is 1. The largest absolute Gasteiger partial charge is 0.481 e. The first-order valence-electron chi connectivity index (χ1n) is 8.40. The fourth-order valence-corrected chi connectivity index (χ4v) is 2.47. The van der Waals surface area contributed by atoms with E-state index in [1.54, 1.807) is 19.2 Å². The normalized spacial score (nSPS) is 16.1. The summed E-state index contributed by atoms with van der Waals surface area (Å²) in [6.45, 7) is 14.1. The summed E-state index contributed by atoms with van der Waals surface area (Å²) in [5.41, 5.74) is 0.407. The van der Waals surface area contributed by atoms with Gasteiger partial charge in [0.25, 0.3) is 0 Å². The van der Waals surface area contributed by atoms with E-state index < -0.39 is 17.4 Å². The number of rotatable bonds is 8. The Kier molecular flexibility index (Phi) is 8.41. The second-order valence-corrected chi connectivity index (χ2v) is 7.78. The molecule has 5 nitrogen and oxygen atoms in total. The van der Waals surface area contributed by atoms with Crippen molar-refractivity contribution in [3.8, 4) is 0 Å². The molecule has 0 saturated carbocycles. The Balaban J connectivity index is 5.33. The lowest BCUT2D eigenvalue weighted by Gasteiger charge is -2.37. The molecule has 1 amide bonds. The van der Waals surface area contributed by atoms with E-state index in [-0.39, 0.29) is 23.8 Å². The van der Waals surface area contributed by atoms with E-state index in [1.165, 1.54) is 0 Å². The number of carbonyl (C=O) groups is 2. The summed E-state index contributed by atoms with van der Waals surface area (Å²) in [7, 11) is 1.77. The quantitative estimate of drug-likeness (QED) is 0.594. The maximum atomic E-state index is 12.8. The summed E-state index contributed by atoms with van der Waals surface area (Å²) in [6.07, 6.45) is 5.29. The van der Waals surface area contributed by atoms with E-state index in [4.69, 9.17) is 5.11 Å². The van der Waals surface area contributed by atoms with Gasteiger partial charge in [-0.3, -0.25) is 9.59 Å². The van der Waals surface area contributed by atoms with Crippen LogP contribution in [0.5, 0.6) is 0 Å². The molecule has 138 valence electrons. The molecule has 5 heteroatoms. The Hall–Kier alpha value is -1.62. The fourth-order valence-electron chi connectivity index (χ4n) is 2.47. The third kappa shape index (κ3) is 6.48. The smallest absolute Gasteiger partial charge is 0.307 e. The van der Waals surface area contributed by atoms with Crippen molar-refractivity contribution in [2.45, 2.75) is 67.0 Å². The molecule has 0 fully saturated rings. The zero-order valence-electron chi connectivity index (χ0n) is 16.4. The van der Waals surface area contributed by atoms with Crippen molar-refractivity contribution in [3.63, 3.8) is 0 Å². The van der Waals surface area contributed by atoms with Crippen LogP contribution in [0, 0.1) is 10.8 Å². The molecule has 0 aliphatic heterocycles. The van der Waals surface area contributed by atoms with Crippen LogP contribution in [0.3, 0.4) is 0 Å². The Morgan fingerprint density at radius 1 is 1.17 bits per heavy atom. The minimum Gasteiger partial charge on any atom is -0.481 e. The molecule has 0 saturated heterocycles. The summed E-state index contributed by atoms with van der Waals surface area (Å²) in [5, 5.41) is 15.0. The van der Waals surface area contributed by atoms with Crippen molar-refractivity contribution in [1.29, 1.82) is 0 Å². The number of aliphatic carboxylic acids is 1. The zero-order valence-corrected chi connectivity index (χ0v) is 16.4. The van der Waals surface area contributed by atoms with Gasteiger partial charge in [-0.05, 0) is 31.9 Å². The molecule has 3 N–H and O–H groups in total. The second kappa shape index (κ2) is 9.02. The van der Waals surface area contributed by atoms with Gasteiger partial charge in [-0.2, -0.15) is 0 Å². The van der Waals surface area contributed by atoms with Gasteiger partial charge in [0.1, 0.15) is 0 Å². The molecule has 0 heterocycles. The van der Waals surface area contributed by atoms with Crippen LogP contribution >= 0.6 is 0 Å². The molecular weight excluding hydrogens is 304 g/mol. The van der Waals surface area contributed by atoms with Gasteiger partial charge in [0, 0.05) is 11.5 Å². The van der Waals surface area contributed by atoms with Gasteiger partial charge in [-0.1, -0.05) is 52.8 Å². The van der Waals surface area contributed by atoms with Crippen LogP contribution in [-0.4, -0.2) is 36.1 Å². The lowest BCUT2D eigenvalue weighted by atomic mass is 9.76. The Morgan fingerprint density at radius 3 is 2.08 bits per heavy atom. The predicted octanol–water partition coefficient (Wildman–Crippen LogP) is 3.13. The summed E-state index contributed by atoms with van der Waals surface area (Å²) < 4.78 is 0. The highest BCUT2D eigenvalue weighted by atomic mass is 16.4. The molecule has 0 aromatic rings. The number of likely N-dealkylation sites (N-methyl/N-ethyl adjacent to an activating group) is 1. The lowest BCUT2D eigenvalue weighted by Crippen LogP contribution is -2.55. The first-order valence-corrected chi connectivity index (χ1v) is 8.40. The number of amides is 1. The number of carboxylic acid groups (broad SMARTS) is 1. The number of carbonyl (C=O) groups excluding carboxylic acids is 1. The fraction of sp³-hybridized carbons (Fsp3) is 0.684. The average molecular weight is 338 g/mol. The molecule has 0 aliphatic rings. The molecule has 24 heavy (non-hydrogen) atoms. The van der Waals surface area contributed by atoms with Crippen molar-refractivity contribution in [2.75, 3.05) is 7.05 Å². The van der Waals surface area contributed by atoms with Crippen molar-refractivity contribution >= 4 is 11.9 Å². The standard InChI is InChI=1S/C19H34N2O3/c1-9-14(11-10-12-15(22)23)19(6,7)16(20-8)17(24)21-13(2)18(3,4)5/h9-11,13,16,20H,12H2,1-8H3,(H,21,24)(H,22,23)/b11-10-,14-9+. The highest BCUT2D eigenvalue weighted by molar-refractivity contribution is 5.83. The van der Waals surface area contributed by atoms with Gasteiger partial charge >= 0.3 is 5.97 Å². The molecule has 0 radical (unpaired) electrons. The van der Waals surface area contributed by atoms with Crippen LogP contribution < -0.4 is 10.6 Å². The number of hydrogen-bond donors (Lipinski definition) is 3. The number of hydrogen-bond acceptors (Lipinski definition) is 3. The van der Waals surface area contributed by atoms with Crippen LogP contribution in [-0.2, 0) is 9.59 Å². The van der Waals surface area contributed by atoms with Gasteiger partial charge in [0.15, 0.2) is 0 Å². The molecule has 0 rings (SSSR count). The van der Waals surface area contributed by atoms with Gasteiger partial charge in [0.05, 0.1) is 12.5 Å². The molecule has 2 atom stereocenters. The summed E-state index contributed by atoms with van der Waals surface area (Å²) in [5.74, 6) is -0.933. The predicted molar refractivity (Wildman–Crippen MR) is 98.8 cm³/mol. The van der Waals surface area contributed by atoms with Crippen molar-refractivity contribution in [2.24, 2.45) is 10.8 Å². The minimum absolute atomic E-state index is 0.0249. The summed E-state index contributed by atoms with van der Waals surface area (Å²) >= 11 is 0. The monoisotopic (exact) mass is 338 g/mol. The molecule has 2 unspecified atom stereocenters. The molecule has 0 bridgehead atoms. The summed E-state index contributed by atoms with van der Waals surface area (Å²) in [6, 6.07) is -0.392. The van der Waals surface area contributed by atoms with E-state index in [2.05, 4.69) is 31.4 Å². The number of nitrogens with one attached hydrogen (secondary N) is 2. The maximum absolute atomic E-state index is 12.8. The van der Waals surface area contributed by atoms with Crippen LogP contribution in [0.4, 0.5) is 0 Å². The first-order chi connectivity index (χ1) is 10.9. The lowest BCUT2D eigenvalue weighted by molar-refractivity contribution is -0.136. The van der Waals surface area contributed by atoms with Crippen LogP contribution in [0.15, 0.2) is 23.8 Å². The van der Waals surface area contributed by atoms with Crippen LogP contribution in [0.25, 0.3) is 0 Å². The van der Waals surface area contributed by atoms with Crippen molar-refractivity contribution in [1.82, 2.24) is 10.6 Å². The van der Waals surface area contributed by atoms with Gasteiger partial charge in [0.2, 0.25) is 5.91 Å². The van der Waals surface area contributed by atoms with Crippen molar-refractivity contribution < 1.29 is 14.7 Å². The summed E-state index contributed by atoms with van der Waals surface area (Å²) in [4.78, 5) is 23.4. The molecule has 0 aromatic carbocycles. The highest BCUT2D eigenvalue weighted by Gasteiger charge is 2.37. The zero-order chi connectivity index (χ0) is 19.1. The second-order valence-electron chi connectivity index (χ2n) is 7.78. The Morgan fingerprint density at radius 2 is 1.71 bits per heavy atom. The molecule has 0 aromatic heterocycles.